The van der Waals surface area contributed by atoms with Gasteiger partial charge in [-0.25, -0.2) is 9.18 Å². The molecule has 3 aliphatic heterocycles. The zero-order valence-corrected chi connectivity index (χ0v) is 16.3. The summed E-state index contributed by atoms with van der Waals surface area (Å²) in [5.74, 6) is -0.182. The van der Waals surface area contributed by atoms with Crippen LogP contribution in [0.3, 0.4) is 0 Å². The van der Waals surface area contributed by atoms with Crippen LogP contribution in [0.1, 0.15) is 25.0 Å². The maximum absolute atomic E-state index is 13.1. The highest BCUT2D eigenvalue weighted by Crippen LogP contribution is 2.26. The van der Waals surface area contributed by atoms with Gasteiger partial charge in [-0.15, -0.1) is 0 Å². The molecular formula is C19H24ClFN4O3. The third-order valence-electron chi connectivity index (χ3n) is 5.85. The van der Waals surface area contributed by atoms with E-state index in [1.54, 1.807) is 0 Å². The van der Waals surface area contributed by atoms with Crippen molar-refractivity contribution in [2.45, 2.75) is 37.8 Å². The number of hydrogen-bond donors (Lipinski definition) is 1. The van der Waals surface area contributed by atoms with Gasteiger partial charge in [0.15, 0.2) is 0 Å². The largest absolute Gasteiger partial charge is 0.366 e. The number of rotatable bonds is 2. The van der Waals surface area contributed by atoms with Crippen molar-refractivity contribution in [1.82, 2.24) is 20.1 Å². The number of aromatic nitrogens is 1. The third kappa shape index (κ3) is 4.22. The molecule has 1 aromatic rings. The van der Waals surface area contributed by atoms with E-state index in [4.69, 9.17) is 16.3 Å². The van der Waals surface area contributed by atoms with Crippen LogP contribution in [-0.2, 0) is 16.0 Å². The second-order valence-corrected chi connectivity index (χ2v) is 8.16. The zero-order chi connectivity index (χ0) is 19.7. The van der Waals surface area contributed by atoms with Crippen molar-refractivity contribution < 1.29 is 18.7 Å². The van der Waals surface area contributed by atoms with Crippen LogP contribution in [0.2, 0.25) is 5.02 Å². The number of fused-ring (bicyclic) bond motifs is 1. The van der Waals surface area contributed by atoms with Crippen LogP contribution in [-0.4, -0.2) is 71.7 Å². The number of likely N-dealkylation sites (tertiary alicyclic amines) is 2. The number of amides is 3. The Morgan fingerprint density at radius 2 is 2.04 bits per heavy atom. The predicted octanol–water partition coefficient (Wildman–Crippen LogP) is 1.84. The molecule has 4 heterocycles. The normalized spacial score (nSPS) is 26.0. The van der Waals surface area contributed by atoms with Gasteiger partial charge in [-0.05, 0) is 37.7 Å². The maximum Gasteiger partial charge on any atom is 0.320 e. The Bertz CT molecular complexity index is 757. The number of pyridine rings is 1. The van der Waals surface area contributed by atoms with Gasteiger partial charge in [-0.3, -0.25) is 9.78 Å². The van der Waals surface area contributed by atoms with Crippen molar-refractivity contribution in [3.8, 4) is 0 Å². The molecule has 0 bridgehead atoms. The summed E-state index contributed by atoms with van der Waals surface area (Å²) in [5.41, 5.74) is 0.711. The summed E-state index contributed by atoms with van der Waals surface area (Å²) < 4.78 is 18.7. The predicted molar refractivity (Wildman–Crippen MR) is 100 cm³/mol. The van der Waals surface area contributed by atoms with Crippen LogP contribution in [0, 0.1) is 11.7 Å². The molecule has 4 rings (SSSR count). The number of halogens is 2. The summed E-state index contributed by atoms with van der Waals surface area (Å²) in [6.45, 7) is 2.59. The van der Waals surface area contributed by atoms with E-state index >= 15 is 0 Å². The minimum atomic E-state index is -0.433. The number of carbonyl (C=O) groups is 2. The summed E-state index contributed by atoms with van der Waals surface area (Å²) in [5, 5.41) is 3.29. The van der Waals surface area contributed by atoms with Gasteiger partial charge in [0.1, 0.15) is 12.4 Å². The molecule has 28 heavy (non-hydrogen) atoms. The average Bonchev–Trinajstić information content (AvgIpc) is 2.69. The standard InChI is InChI=1S/C19H24ClFN4O3/c20-14-8-13(21)9-22-15(14)7-12-1-4-24(5-2-12)19(27)25-6-3-17-16(10-25)23-18(26)11-28-17/h8-9,12,16-17H,1-7,10-11H2,(H,23,26)/t16-,17+/m1/s1. The molecule has 0 spiro atoms. The molecular weight excluding hydrogens is 387 g/mol. The van der Waals surface area contributed by atoms with Gasteiger partial charge < -0.3 is 19.9 Å². The number of urea groups is 1. The smallest absolute Gasteiger partial charge is 0.320 e. The Labute approximate surface area is 168 Å². The quantitative estimate of drug-likeness (QED) is 0.807. The van der Waals surface area contributed by atoms with Gasteiger partial charge in [-0.2, -0.15) is 0 Å². The van der Waals surface area contributed by atoms with Crippen LogP contribution in [0.5, 0.6) is 0 Å². The molecule has 0 aromatic carbocycles. The lowest BCUT2D eigenvalue weighted by molar-refractivity contribution is -0.139. The Morgan fingerprint density at radius 3 is 2.79 bits per heavy atom. The van der Waals surface area contributed by atoms with Crippen LogP contribution in [0.25, 0.3) is 0 Å². The van der Waals surface area contributed by atoms with Gasteiger partial charge in [0.25, 0.3) is 0 Å². The van der Waals surface area contributed by atoms with E-state index in [0.717, 1.165) is 19.3 Å². The van der Waals surface area contributed by atoms with Crippen molar-refractivity contribution in [2.24, 2.45) is 5.92 Å². The topological polar surface area (TPSA) is 74.8 Å². The molecule has 1 N–H and O–H groups in total. The molecule has 3 amide bonds. The fourth-order valence-corrected chi connectivity index (χ4v) is 4.50. The fourth-order valence-electron chi connectivity index (χ4n) is 4.27. The average molecular weight is 411 g/mol. The molecule has 152 valence electrons. The molecule has 3 saturated heterocycles. The molecule has 0 aliphatic carbocycles. The summed E-state index contributed by atoms with van der Waals surface area (Å²) in [6.07, 6.45) is 4.35. The fraction of sp³-hybridized carbons (Fsp3) is 0.632. The first-order valence-corrected chi connectivity index (χ1v) is 10.1. The lowest BCUT2D eigenvalue weighted by Gasteiger charge is -2.43. The molecule has 1 aromatic heterocycles. The van der Waals surface area contributed by atoms with E-state index < -0.39 is 5.82 Å². The number of nitrogens with one attached hydrogen (secondary N) is 1. The lowest BCUT2D eigenvalue weighted by atomic mass is 9.92. The summed E-state index contributed by atoms with van der Waals surface area (Å²) >= 11 is 6.08. The Kier molecular flexibility index (Phi) is 5.68. The molecule has 7 nitrogen and oxygen atoms in total. The monoisotopic (exact) mass is 410 g/mol. The summed E-state index contributed by atoms with van der Waals surface area (Å²) in [4.78, 5) is 32.2. The minimum absolute atomic E-state index is 0.000411. The number of nitrogens with zero attached hydrogens (tertiary/aromatic N) is 3. The number of carbonyl (C=O) groups excluding carboxylic acids is 2. The van der Waals surface area contributed by atoms with Crippen molar-refractivity contribution >= 4 is 23.5 Å². The van der Waals surface area contributed by atoms with Gasteiger partial charge in [0, 0.05) is 26.2 Å². The van der Waals surface area contributed by atoms with Gasteiger partial charge in [0.2, 0.25) is 5.91 Å². The van der Waals surface area contributed by atoms with E-state index in [1.807, 2.05) is 9.80 Å². The van der Waals surface area contributed by atoms with E-state index in [0.29, 0.717) is 49.2 Å². The van der Waals surface area contributed by atoms with Crippen molar-refractivity contribution in [3.05, 3.63) is 28.8 Å². The highest BCUT2D eigenvalue weighted by Gasteiger charge is 2.38. The highest BCUT2D eigenvalue weighted by atomic mass is 35.5. The Morgan fingerprint density at radius 1 is 1.29 bits per heavy atom. The van der Waals surface area contributed by atoms with Crippen LogP contribution in [0.15, 0.2) is 12.3 Å². The zero-order valence-electron chi connectivity index (χ0n) is 15.6. The first kappa shape index (κ1) is 19.4. The van der Waals surface area contributed by atoms with Crippen molar-refractivity contribution in [1.29, 1.82) is 0 Å². The van der Waals surface area contributed by atoms with Crippen LogP contribution < -0.4 is 5.32 Å². The number of morpholine rings is 1. The third-order valence-corrected chi connectivity index (χ3v) is 6.17. The van der Waals surface area contributed by atoms with E-state index in [-0.39, 0.29) is 30.7 Å². The van der Waals surface area contributed by atoms with Gasteiger partial charge in [-0.1, -0.05) is 11.6 Å². The number of hydrogen-bond acceptors (Lipinski definition) is 4. The summed E-state index contributed by atoms with van der Waals surface area (Å²) in [7, 11) is 0. The molecule has 9 heteroatoms. The molecule has 2 atom stereocenters. The van der Waals surface area contributed by atoms with Gasteiger partial charge >= 0.3 is 6.03 Å². The van der Waals surface area contributed by atoms with E-state index in [1.165, 1.54) is 12.3 Å². The minimum Gasteiger partial charge on any atom is -0.366 e. The molecule has 0 unspecified atom stereocenters. The van der Waals surface area contributed by atoms with E-state index in [2.05, 4.69) is 10.3 Å². The first-order valence-electron chi connectivity index (χ1n) is 9.74. The van der Waals surface area contributed by atoms with Crippen molar-refractivity contribution in [3.63, 3.8) is 0 Å². The Hall–Kier alpha value is -1.93. The lowest BCUT2D eigenvalue weighted by Crippen LogP contribution is -2.62. The van der Waals surface area contributed by atoms with E-state index in [9.17, 15) is 14.0 Å². The second kappa shape index (κ2) is 8.21. The molecule has 0 radical (unpaired) electrons. The SMILES string of the molecule is O=C1CO[C@H]2CCN(C(=O)N3CCC(Cc4ncc(F)cc4Cl)CC3)C[C@H]2N1. The summed E-state index contributed by atoms with van der Waals surface area (Å²) in [6, 6.07) is 1.19. The van der Waals surface area contributed by atoms with Gasteiger partial charge in [0.05, 0.1) is 29.1 Å². The molecule has 3 fully saturated rings. The second-order valence-electron chi connectivity index (χ2n) is 7.76. The van der Waals surface area contributed by atoms with Crippen molar-refractivity contribution in [2.75, 3.05) is 32.8 Å². The van der Waals surface area contributed by atoms with Crippen LogP contribution >= 0.6 is 11.6 Å². The highest BCUT2D eigenvalue weighted by molar-refractivity contribution is 6.31. The number of ether oxygens (including phenoxy) is 1. The molecule has 3 aliphatic rings. The maximum atomic E-state index is 13.1. The first-order chi connectivity index (χ1) is 13.5. The van der Waals surface area contributed by atoms with Crippen LogP contribution in [0.4, 0.5) is 9.18 Å². The molecule has 0 saturated carbocycles. The Balaban J connectivity index is 1.28. The number of piperidine rings is 2.